The van der Waals surface area contributed by atoms with Crippen LogP contribution in [-0.4, -0.2) is 46.0 Å². The summed E-state index contributed by atoms with van der Waals surface area (Å²) < 4.78 is 34.3. The Kier molecular flexibility index (Phi) is 4.32. The fraction of sp³-hybridized carbons (Fsp3) is 0.400. The molecule has 0 spiro atoms. The molecule has 1 saturated heterocycles. The standard InChI is InChI=1S/C15H17F2N5O2/c1-24-14-11(16)8-10(13(18)12(14)17)15(23)21-5-2-9(3-6-21)22-7-4-19-20-22/h4,7-9H,2-3,5-6,18H2,1H3. The highest BCUT2D eigenvalue weighted by atomic mass is 19.1. The van der Waals surface area contributed by atoms with Crippen LogP contribution in [0.2, 0.25) is 0 Å². The zero-order valence-electron chi connectivity index (χ0n) is 13.1. The van der Waals surface area contributed by atoms with Crippen LogP contribution in [0.25, 0.3) is 0 Å². The van der Waals surface area contributed by atoms with Crippen LogP contribution >= 0.6 is 0 Å². The van der Waals surface area contributed by atoms with Crippen molar-refractivity contribution in [1.29, 1.82) is 0 Å². The van der Waals surface area contributed by atoms with Gasteiger partial charge in [0.05, 0.1) is 30.6 Å². The molecular formula is C15H17F2N5O2. The van der Waals surface area contributed by atoms with Crippen molar-refractivity contribution in [3.05, 3.63) is 35.7 Å². The lowest BCUT2D eigenvalue weighted by Gasteiger charge is -2.32. The fourth-order valence-electron chi connectivity index (χ4n) is 2.90. The number of hydrogen-bond acceptors (Lipinski definition) is 5. The van der Waals surface area contributed by atoms with Crippen molar-refractivity contribution < 1.29 is 18.3 Å². The Labute approximate surface area is 137 Å². The van der Waals surface area contributed by atoms with Crippen molar-refractivity contribution in [3.63, 3.8) is 0 Å². The summed E-state index contributed by atoms with van der Waals surface area (Å²) in [6, 6.07) is 1.07. The molecule has 0 saturated carbocycles. The summed E-state index contributed by atoms with van der Waals surface area (Å²) in [4.78, 5) is 14.1. The van der Waals surface area contributed by atoms with Gasteiger partial charge in [-0.1, -0.05) is 5.21 Å². The van der Waals surface area contributed by atoms with Gasteiger partial charge < -0.3 is 15.4 Å². The van der Waals surface area contributed by atoms with Crippen LogP contribution in [0.1, 0.15) is 29.2 Å². The van der Waals surface area contributed by atoms with Gasteiger partial charge in [0.15, 0.2) is 17.4 Å². The number of nitrogens with zero attached hydrogens (tertiary/aromatic N) is 4. The van der Waals surface area contributed by atoms with Gasteiger partial charge in [-0.2, -0.15) is 0 Å². The van der Waals surface area contributed by atoms with Crippen LogP contribution < -0.4 is 10.5 Å². The van der Waals surface area contributed by atoms with Crippen LogP contribution in [0, 0.1) is 11.6 Å². The second-order valence-electron chi connectivity index (χ2n) is 5.57. The van der Waals surface area contributed by atoms with E-state index in [2.05, 4.69) is 15.0 Å². The summed E-state index contributed by atoms with van der Waals surface area (Å²) in [5.74, 6) is -3.10. The lowest BCUT2D eigenvalue weighted by Crippen LogP contribution is -2.39. The van der Waals surface area contributed by atoms with Gasteiger partial charge in [-0.3, -0.25) is 4.79 Å². The third-order valence-corrected chi connectivity index (χ3v) is 4.22. The van der Waals surface area contributed by atoms with E-state index in [4.69, 9.17) is 5.73 Å². The van der Waals surface area contributed by atoms with Crippen molar-refractivity contribution in [1.82, 2.24) is 19.9 Å². The topological polar surface area (TPSA) is 86.3 Å². The molecule has 128 valence electrons. The SMILES string of the molecule is COc1c(F)cc(C(=O)N2CCC(n3ccnn3)CC2)c(N)c1F. The molecule has 3 rings (SSSR count). The number of benzene rings is 1. The summed E-state index contributed by atoms with van der Waals surface area (Å²) in [6.45, 7) is 0.885. The largest absolute Gasteiger partial charge is 0.491 e. The second-order valence-corrected chi connectivity index (χ2v) is 5.57. The monoisotopic (exact) mass is 337 g/mol. The fourth-order valence-corrected chi connectivity index (χ4v) is 2.90. The molecule has 0 aliphatic carbocycles. The number of methoxy groups -OCH3 is 1. The van der Waals surface area contributed by atoms with Gasteiger partial charge >= 0.3 is 0 Å². The van der Waals surface area contributed by atoms with E-state index in [9.17, 15) is 13.6 Å². The van der Waals surface area contributed by atoms with Crippen LogP contribution in [0.15, 0.2) is 18.5 Å². The van der Waals surface area contributed by atoms with E-state index in [0.29, 0.717) is 25.9 Å². The molecule has 1 aliphatic heterocycles. The second kappa shape index (κ2) is 6.42. The predicted molar refractivity (Wildman–Crippen MR) is 81.5 cm³/mol. The van der Waals surface area contributed by atoms with Crippen LogP contribution in [-0.2, 0) is 0 Å². The predicted octanol–water partition coefficient (Wildman–Crippen LogP) is 1.62. The van der Waals surface area contributed by atoms with Crippen molar-refractivity contribution in [3.8, 4) is 5.75 Å². The zero-order valence-corrected chi connectivity index (χ0v) is 13.1. The highest BCUT2D eigenvalue weighted by Crippen LogP contribution is 2.31. The number of anilines is 1. The molecule has 24 heavy (non-hydrogen) atoms. The molecule has 0 radical (unpaired) electrons. The number of ether oxygens (including phenoxy) is 1. The molecule has 0 bridgehead atoms. The Morgan fingerprint density at radius 2 is 2.08 bits per heavy atom. The average Bonchev–Trinajstić information content (AvgIpc) is 3.13. The van der Waals surface area contributed by atoms with Gasteiger partial charge in [-0.05, 0) is 18.9 Å². The normalized spacial score (nSPS) is 15.5. The number of carbonyl (C=O) groups excluding carboxylic acids is 1. The first kappa shape index (κ1) is 16.2. The third kappa shape index (κ3) is 2.77. The lowest BCUT2D eigenvalue weighted by atomic mass is 10.0. The van der Waals surface area contributed by atoms with Crippen molar-refractivity contribution in [2.45, 2.75) is 18.9 Å². The number of nitrogens with two attached hydrogens (primary N) is 1. The van der Waals surface area contributed by atoms with E-state index in [-0.39, 0.29) is 11.6 Å². The molecule has 1 aliphatic rings. The summed E-state index contributed by atoms with van der Waals surface area (Å²) >= 11 is 0. The van der Waals surface area contributed by atoms with Gasteiger partial charge in [0.2, 0.25) is 0 Å². The van der Waals surface area contributed by atoms with Gasteiger partial charge in [-0.25, -0.2) is 13.5 Å². The minimum absolute atomic E-state index is 0.151. The summed E-state index contributed by atoms with van der Waals surface area (Å²) in [7, 11) is 1.14. The van der Waals surface area contributed by atoms with Gasteiger partial charge in [-0.15, -0.1) is 5.10 Å². The summed E-state index contributed by atoms with van der Waals surface area (Å²) in [6.07, 6.45) is 4.72. The summed E-state index contributed by atoms with van der Waals surface area (Å²) in [5, 5.41) is 7.72. The Hall–Kier alpha value is -2.71. The minimum Gasteiger partial charge on any atom is -0.491 e. The van der Waals surface area contributed by atoms with E-state index in [1.807, 2.05) is 0 Å². The van der Waals surface area contributed by atoms with Crippen molar-refractivity contribution >= 4 is 11.6 Å². The molecule has 7 nitrogen and oxygen atoms in total. The van der Waals surface area contributed by atoms with Gasteiger partial charge in [0.1, 0.15) is 0 Å². The van der Waals surface area contributed by atoms with Crippen molar-refractivity contribution in [2.24, 2.45) is 0 Å². The molecule has 2 N–H and O–H groups in total. The minimum atomic E-state index is -1.06. The molecule has 2 aromatic rings. The molecule has 9 heteroatoms. The third-order valence-electron chi connectivity index (χ3n) is 4.22. The van der Waals surface area contributed by atoms with Crippen molar-refractivity contribution in [2.75, 3.05) is 25.9 Å². The molecule has 1 amide bonds. The molecule has 1 aromatic heterocycles. The van der Waals surface area contributed by atoms with E-state index < -0.39 is 29.0 Å². The molecule has 0 unspecified atom stereocenters. The first-order valence-electron chi connectivity index (χ1n) is 7.49. The zero-order chi connectivity index (χ0) is 17.3. The quantitative estimate of drug-likeness (QED) is 0.860. The highest BCUT2D eigenvalue weighted by molar-refractivity contribution is 5.99. The number of aromatic nitrogens is 3. The number of halogens is 2. The van der Waals surface area contributed by atoms with Crippen LogP contribution in [0.3, 0.4) is 0 Å². The maximum atomic E-state index is 14.0. The first-order chi connectivity index (χ1) is 11.5. The Bertz CT molecular complexity index is 743. The number of rotatable bonds is 3. The molecule has 0 atom stereocenters. The van der Waals surface area contributed by atoms with E-state index in [1.54, 1.807) is 17.1 Å². The number of carbonyl (C=O) groups is 1. The summed E-state index contributed by atoms with van der Waals surface area (Å²) in [5.41, 5.74) is 5.05. The average molecular weight is 337 g/mol. The molecule has 1 fully saturated rings. The number of piperidine rings is 1. The van der Waals surface area contributed by atoms with E-state index in [0.717, 1.165) is 13.2 Å². The van der Waals surface area contributed by atoms with Crippen LogP contribution in [0.5, 0.6) is 5.75 Å². The smallest absolute Gasteiger partial charge is 0.256 e. The lowest BCUT2D eigenvalue weighted by molar-refractivity contribution is 0.0689. The molecule has 2 heterocycles. The maximum Gasteiger partial charge on any atom is 0.256 e. The van der Waals surface area contributed by atoms with E-state index in [1.165, 1.54) is 4.90 Å². The first-order valence-corrected chi connectivity index (χ1v) is 7.49. The number of hydrogen-bond donors (Lipinski definition) is 1. The Morgan fingerprint density at radius 1 is 1.38 bits per heavy atom. The molecule has 1 aromatic carbocycles. The Morgan fingerprint density at radius 3 is 2.67 bits per heavy atom. The maximum absolute atomic E-state index is 14.0. The highest BCUT2D eigenvalue weighted by Gasteiger charge is 2.28. The Balaban J connectivity index is 1.76. The number of likely N-dealkylation sites (tertiary alicyclic amines) is 1. The van der Waals surface area contributed by atoms with Gasteiger partial charge in [0.25, 0.3) is 5.91 Å². The van der Waals surface area contributed by atoms with Gasteiger partial charge in [0, 0.05) is 19.3 Å². The van der Waals surface area contributed by atoms with E-state index >= 15 is 0 Å². The number of amides is 1. The van der Waals surface area contributed by atoms with Crippen LogP contribution in [0.4, 0.5) is 14.5 Å². The molecular weight excluding hydrogens is 320 g/mol. The number of nitrogen functional groups attached to an aromatic ring is 1.